The van der Waals surface area contributed by atoms with Crippen LogP contribution in [0.3, 0.4) is 0 Å². The molecular formula is C24H27F4N7OS. The number of fused-ring (bicyclic) bond motifs is 1. The van der Waals surface area contributed by atoms with E-state index < -0.39 is 23.6 Å². The molecule has 2 aromatic heterocycles. The Labute approximate surface area is 213 Å². The molecule has 4 aromatic rings. The Morgan fingerprint density at radius 1 is 1.05 bits per heavy atom. The summed E-state index contributed by atoms with van der Waals surface area (Å²) >= 11 is 0. The fourth-order valence-corrected chi connectivity index (χ4v) is 5.01. The molecule has 0 radical (unpaired) electrons. The van der Waals surface area contributed by atoms with Crippen LogP contribution < -0.4 is 5.32 Å². The second-order valence-corrected chi connectivity index (χ2v) is 10.0. The highest BCUT2D eigenvalue weighted by atomic mass is 32.2. The maximum atomic E-state index is 13.3. The van der Waals surface area contributed by atoms with Gasteiger partial charge in [0.05, 0.1) is 30.0 Å². The molecule has 0 aliphatic rings. The maximum Gasteiger partial charge on any atom is 0.390 e. The Morgan fingerprint density at radius 2 is 1.81 bits per heavy atom. The number of aromatic nitrogens is 5. The van der Waals surface area contributed by atoms with Gasteiger partial charge in [-0.1, -0.05) is 0 Å². The van der Waals surface area contributed by atoms with E-state index in [4.69, 9.17) is 0 Å². The summed E-state index contributed by atoms with van der Waals surface area (Å²) in [5.74, 6) is -0.322. The summed E-state index contributed by atoms with van der Waals surface area (Å²) in [7, 11) is -0.00401. The molecule has 8 nitrogen and oxygen atoms in total. The van der Waals surface area contributed by atoms with Gasteiger partial charge >= 0.3 is 6.18 Å². The van der Waals surface area contributed by atoms with Crippen LogP contribution in [0.25, 0.3) is 16.6 Å². The summed E-state index contributed by atoms with van der Waals surface area (Å²) in [5.41, 5.74) is 3.65. The fraction of sp³-hybridized carbons (Fsp3) is 0.375. The molecule has 198 valence electrons. The largest absolute Gasteiger partial charge is 0.390 e. The van der Waals surface area contributed by atoms with E-state index in [0.717, 1.165) is 27.7 Å². The lowest BCUT2D eigenvalue weighted by Crippen LogP contribution is -2.36. The molecule has 37 heavy (non-hydrogen) atoms. The average Bonchev–Trinajstić information content (AvgIpc) is 3.46. The van der Waals surface area contributed by atoms with Gasteiger partial charge in [-0.2, -0.15) is 28.2 Å². The van der Waals surface area contributed by atoms with Gasteiger partial charge in [0.15, 0.2) is 5.03 Å². The SMILES string of the molecule is Cc1cc2c(cnn2-c2ccc(F)cc2)cc1CCN(CCNCCC(F)(F)F)S(=O)c1cnn(C)n1. The molecule has 0 amide bonds. The number of alkyl halides is 3. The zero-order chi connectivity index (χ0) is 26.6. The predicted molar refractivity (Wildman–Crippen MR) is 132 cm³/mol. The minimum atomic E-state index is -4.23. The molecule has 0 fully saturated rings. The Kier molecular flexibility index (Phi) is 8.35. The zero-order valence-electron chi connectivity index (χ0n) is 20.4. The first kappa shape index (κ1) is 26.9. The highest BCUT2D eigenvalue weighted by Crippen LogP contribution is 2.24. The Balaban J connectivity index is 1.47. The number of nitrogens with zero attached hydrogens (tertiary/aromatic N) is 6. The van der Waals surface area contributed by atoms with Crippen LogP contribution in [-0.4, -0.2) is 65.6 Å². The van der Waals surface area contributed by atoms with Crippen LogP contribution in [0.2, 0.25) is 0 Å². The van der Waals surface area contributed by atoms with Gasteiger partial charge in [0.25, 0.3) is 0 Å². The van der Waals surface area contributed by atoms with Gasteiger partial charge in [-0.3, -0.25) is 0 Å². The van der Waals surface area contributed by atoms with Gasteiger partial charge in [0.2, 0.25) is 0 Å². The lowest BCUT2D eigenvalue weighted by Gasteiger charge is -2.21. The number of aryl methyl sites for hydroxylation is 2. The highest BCUT2D eigenvalue weighted by molar-refractivity contribution is 7.82. The number of nitrogens with one attached hydrogen (secondary N) is 1. The van der Waals surface area contributed by atoms with E-state index in [1.165, 1.54) is 23.1 Å². The lowest BCUT2D eigenvalue weighted by atomic mass is 10.0. The van der Waals surface area contributed by atoms with E-state index in [9.17, 15) is 21.8 Å². The van der Waals surface area contributed by atoms with Crippen molar-refractivity contribution in [3.8, 4) is 5.69 Å². The van der Waals surface area contributed by atoms with Crippen LogP contribution in [0.15, 0.2) is 53.8 Å². The minimum absolute atomic E-state index is 0.205. The van der Waals surface area contributed by atoms with Gasteiger partial charge in [-0.15, -0.1) is 5.10 Å². The van der Waals surface area contributed by atoms with Crippen molar-refractivity contribution in [3.05, 3.63) is 65.7 Å². The molecule has 0 bridgehead atoms. The van der Waals surface area contributed by atoms with E-state index in [-0.39, 0.29) is 30.5 Å². The first-order valence-corrected chi connectivity index (χ1v) is 12.8. The van der Waals surface area contributed by atoms with Crippen molar-refractivity contribution < 1.29 is 21.8 Å². The van der Waals surface area contributed by atoms with Gasteiger partial charge in [-0.05, 0) is 60.9 Å². The Morgan fingerprint density at radius 3 is 2.49 bits per heavy atom. The summed E-state index contributed by atoms with van der Waals surface area (Å²) in [6.45, 7) is 2.67. The molecule has 0 aliphatic carbocycles. The van der Waals surface area contributed by atoms with Crippen LogP contribution in [0.1, 0.15) is 17.5 Å². The first-order chi connectivity index (χ1) is 17.6. The van der Waals surface area contributed by atoms with Gasteiger partial charge in [0.1, 0.15) is 16.8 Å². The van der Waals surface area contributed by atoms with Crippen LogP contribution >= 0.6 is 0 Å². The number of benzene rings is 2. The molecule has 0 saturated heterocycles. The molecule has 2 heterocycles. The lowest BCUT2D eigenvalue weighted by molar-refractivity contribution is -0.133. The van der Waals surface area contributed by atoms with E-state index in [2.05, 4.69) is 20.6 Å². The Hall–Kier alpha value is -3.16. The van der Waals surface area contributed by atoms with Crippen molar-refractivity contribution in [1.82, 2.24) is 34.4 Å². The number of halogens is 4. The van der Waals surface area contributed by atoms with Crippen molar-refractivity contribution in [2.75, 3.05) is 26.2 Å². The second kappa shape index (κ2) is 11.5. The second-order valence-electron chi connectivity index (χ2n) is 8.59. The molecule has 13 heteroatoms. The Bertz CT molecular complexity index is 1370. The van der Waals surface area contributed by atoms with E-state index in [1.807, 2.05) is 19.1 Å². The van der Waals surface area contributed by atoms with E-state index in [1.54, 1.807) is 34.4 Å². The monoisotopic (exact) mass is 537 g/mol. The normalized spacial score (nSPS) is 13.1. The van der Waals surface area contributed by atoms with Crippen molar-refractivity contribution in [2.45, 2.75) is 31.0 Å². The molecule has 4 rings (SSSR count). The van der Waals surface area contributed by atoms with Crippen molar-refractivity contribution in [3.63, 3.8) is 0 Å². The maximum absolute atomic E-state index is 13.3. The summed E-state index contributed by atoms with van der Waals surface area (Å²) in [6.07, 6.45) is -1.44. The quantitative estimate of drug-likeness (QED) is 0.233. The summed E-state index contributed by atoms with van der Waals surface area (Å²) in [5, 5.41) is 16.5. The van der Waals surface area contributed by atoms with Crippen LogP contribution in [0.4, 0.5) is 17.6 Å². The molecular weight excluding hydrogens is 510 g/mol. The number of rotatable bonds is 11. The third kappa shape index (κ3) is 6.99. The van der Waals surface area contributed by atoms with Crippen molar-refractivity contribution in [1.29, 1.82) is 0 Å². The molecule has 2 aromatic carbocycles. The minimum Gasteiger partial charge on any atom is -0.315 e. The third-order valence-corrected chi connectivity index (χ3v) is 7.22. The third-order valence-electron chi connectivity index (χ3n) is 5.84. The number of hydrogen-bond donors (Lipinski definition) is 1. The van der Waals surface area contributed by atoms with Crippen molar-refractivity contribution in [2.24, 2.45) is 7.05 Å². The topological polar surface area (TPSA) is 80.9 Å². The van der Waals surface area contributed by atoms with Gasteiger partial charge < -0.3 is 5.32 Å². The van der Waals surface area contributed by atoms with Gasteiger partial charge in [0, 0.05) is 38.6 Å². The summed E-state index contributed by atoms with van der Waals surface area (Å²) in [6, 6.07) is 10.1. The van der Waals surface area contributed by atoms with Crippen LogP contribution in [0.5, 0.6) is 0 Å². The van der Waals surface area contributed by atoms with Gasteiger partial charge in [-0.25, -0.2) is 17.6 Å². The van der Waals surface area contributed by atoms with Crippen molar-refractivity contribution >= 4 is 21.9 Å². The van der Waals surface area contributed by atoms with Crippen LogP contribution in [0, 0.1) is 12.7 Å². The number of hydrogen-bond acceptors (Lipinski definition) is 5. The van der Waals surface area contributed by atoms with E-state index >= 15 is 0 Å². The average molecular weight is 538 g/mol. The first-order valence-electron chi connectivity index (χ1n) is 11.6. The molecule has 0 saturated carbocycles. The molecule has 1 atom stereocenters. The summed E-state index contributed by atoms with van der Waals surface area (Å²) < 4.78 is 67.2. The zero-order valence-corrected chi connectivity index (χ0v) is 21.2. The van der Waals surface area contributed by atoms with Crippen LogP contribution in [-0.2, 0) is 24.5 Å². The molecule has 1 N–H and O–H groups in total. The summed E-state index contributed by atoms with van der Waals surface area (Å²) in [4.78, 5) is 1.31. The standard InChI is InChI=1S/C24H27F4N7OS/c1-17-13-22-19(15-31-35(22)21-5-3-20(25)4-6-21)14-18(17)7-11-34(12-10-29-9-8-24(26,27)28)37(36)23-16-30-33(2)32-23/h3-6,13-16,29H,7-12H2,1-2H3. The molecule has 0 spiro atoms. The molecule has 0 aliphatic heterocycles. The fourth-order valence-electron chi connectivity index (χ4n) is 3.90. The highest BCUT2D eigenvalue weighted by Gasteiger charge is 2.26. The molecule has 1 unspecified atom stereocenters. The van der Waals surface area contributed by atoms with E-state index in [0.29, 0.717) is 13.0 Å². The smallest absolute Gasteiger partial charge is 0.315 e. The predicted octanol–water partition coefficient (Wildman–Crippen LogP) is 3.71.